The molecule has 0 bridgehead atoms. The van der Waals surface area contributed by atoms with Crippen molar-refractivity contribution in [2.24, 2.45) is 5.92 Å². The van der Waals surface area contributed by atoms with Crippen LogP contribution in [0, 0.1) is 5.92 Å². The minimum atomic E-state index is -2.10. The first-order valence-electron chi connectivity index (χ1n) is 10.9. The molecule has 7 heteroatoms. The fourth-order valence-electron chi connectivity index (χ4n) is 5.61. The van der Waals surface area contributed by atoms with Gasteiger partial charge in [0.15, 0.2) is 5.60 Å². The third-order valence-corrected chi connectivity index (χ3v) is 7.56. The molecule has 3 aromatic carbocycles. The maximum Gasteiger partial charge on any atom is 0.283 e. The number of carbonyl (C=O) groups is 2. The monoisotopic (exact) mass is 504 g/mol. The van der Waals surface area contributed by atoms with E-state index in [2.05, 4.69) is 21.2 Å². The molecule has 0 aliphatic carbocycles. The van der Waals surface area contributed by atoms with Crippen LogP contribution in [0.4, 0.5) is 5.69 Å². The Morgan fingerprint density at radius 1 is 1.00 bits per heavy atom. The van der Waals surface area contributed by atoms with Crippen LogP contribution in [0.1, 0.15) is 22.6 Å². The van der Waals surface area contributed by atoms with Gasteiger partial charge in [-0.3, -0.25) is 9.59 Å². The van der Waals surface area contributed by atoms with Gasteiger partial charge < -0.3 is 20.1 Å². The van der Waals surface area contributed by atoms with Crippen molar-refractivity contribution in [2.75, 3.05) is 11.9 Å². The summed E-state index contributed by atoms with van der Waals surface area (Å²) >= 11 is 3.47. The maximum absolute atomic E-state index is 13.5. The second-order valence-corrected chi connectivity index (χ2v) is 9.76. The molecular formula is C26H21BrN2O4. The van der Waals surface area contributed by atoms with Gasteiger partial charge >= 0.3 is 0 Å². The van der Waals surface area contributed by atoms with Crippen LogP contribution in [0.5, 0.6) is 0 Å². The number of rotatable bonds is 3. The predicted octanol–water partition coefficient (Wildman–Crippen LogP) is 3.76. The molecule has 0 saturated carbocycles. The summed E-state index contributed by atoms with van der Waals surface area (Å²) < 4.78 is 7.18. The van der Waals surface area contributed by atoms with Crippen LogP contribution < -0.4 is 5.32 Å². The number of benzene rings is 3. The predicted molar refractivity (Wildman–Crippen MR) is 125 cm³/mol. The zero-order chi connectivity index (χ0) is 22.8. The number of para-hydroxylation sites is 1. The Morgan fingerprint density at radius 3 is 2.45 bits per heavy atom. The number of nitrogens with zero attached hydrogens (tertiary/aromatic N) is 1. The Kier molecular flexibility index (Phi) is 4.52. The molecule has 2 fully saturated rings. The molecule has 1 spiro atoms. The lowest BCUT2D eigenvalue weighted by molar-refractivity contribution is -0.225. The van der Waals surface area contributed by atoms with E-state index in [9.17, 15) is 14.7 Å². The van der Waals surface area contributed by atoms with Crippen LogP contribution in [0.15, 0.2) is 83.3 Å². The molecule has 4 atom stereocenters. The van der Waals surface area contributed by atoms with Crippen molar-refractivity contribution in [3.05, 3.63) is 100 Å². The molecule has 2 saturated heterocycles. The molecule has 3 aromatic rings. The molecule has 0 radical (unpaired) electrons. The van der Waals surface area contributed by atoms with Crippen LogP contribution in [-0.2, 0) is 26.5 Å². The number of fused-ring (bicyclic) bond motifs is 3. The normalized spacial score (nSPS) is 29.9. The Morgan fingerprint density at radius 2 is 1.70 bits per heavy atom. The van der Waals surface area contributed by atoms with E-state index in [4.69, 9.17) is 4.74 Å². The first kappa shape index (κ1) is 20.6. The molecule has 3 aliphatic heterocycles. The maximum atomic E-state index is 13.5. The van der Waals surface area contributed by atoms with E-state index in [1.807, 2.05) is 78.9 Å². The Bertz CT molecular complexity index is 1260. The van der Waals surface area contributed by atoms with Crippen molar-refractivity contribution in [2.45, 2.75) is 23.9 Å². The topological polar surface area (TPSA) is 78.9 Å². The van der Waals surface area contributed by atoms with Gasteiger partial charge in [0.1, 0.15) is 0 Å². The third kappa shape index (κ3) is 2.86. The largest absolute Gasteiger partial charge is 0.358 e. The first-order valence-corrected chi connectivity index (χ1v) is 11.6. The van der Waals surface area contributed by atoms with Gasteiger partial charge in [-0.2, -0.15) is 0 Å². The summed E-state index contributed by atoms with van der Waals surface area (Å²) in [5.41, 5.74) is 1.60. The molecular weight excluding hydrogens is 484 g/mol. The number of carbonyl (C=O) groups excluding carboxylic acids is 2. The van der Waals surface area contributed by atoms with Gasteiger partial charge in [0.2, 0.25) is 0 Å². The Balaban J connectivity index is 1.48. The summed E-state index contributed by atoms with van der Waals surface area (Å²) in [5, 5.41) is 14.6. The van der Waals surface area contributed by atoms with Gasteiger partial charge in [0.25, 0.3) is 17.6 Å². The number of aliphatic hydroxyl groups is 1. The molecule has 33 heavy (non-hydrogen) atoms. The van der Waals surface area contributed by atoms with Crippen LogP contribution in [0.2, 0.25) is 0 Å². The van der Waals surface area contributed by atoms with Crippen molar-refractivity contribution in [1.82, 2.24) is 4.90 Å². The van der Waals surface area contributed by atoms with E-state index < -0.39 is 29.1 Å². The third-order valence-electron chi connectivity index (χ3n) is 7.03. The molecule has 0 unspecified atom stereocenters. The minimum absolute atomic E-state index is 0.280. The smallest absolute Gasteiger partial charge is 0.283 e. The van der Waals surface area contributed by atoms with Crippen LogP contribution >= 0.6 is 15.9 Å². The van der Waals surface area contributed by atoms with Gasteiger partial charge in [0.05, 0.1) is 5.92 Å². The van der Waals surface area contributed by atoms with Crippen molar-refractivity contribution >= 4 is 33.4 Å². The fraction of sp³-hybridized carbons (Fsp3) is 0.231. The number of nitrogens with one attached hydrogen (secondary N) is 1. The van der Waals surface area contributed by atoms with Gasteiger partial charge in [0, 0.05) is 34.7 Å². The number of likely N-dealkylation sites (tertiary alicyclic amines) is 1. The molecule has 2 amide bonds. The second kappa shape index (κ2) is 7.25. The summed E-state index contributed by atoms with van der Waals surface area (Å²) in [4.78, 5) is 28.6. The number of anilines is 1. The fourth-order valence-corrected chi connectivity index (χ4v) is 5.88. The highest BCUT2D eigenvalue weighted by Crippen LogP contribution is 2.62. The molecule has 3 aliphatic rings. The van der Waals surface area contributed by atoms with Gasteiger partial charge in [-0.1, -0.05) is 76.6 Å². The lowest BCUT2D eigenvalue weighted by Gasteiger charge is -2.32. The van der Waals surface area contributed by atoms with Gasteiger partial charge in [-0.15, -0.1) is 0 Å². The average molecular weight is 505 g/mol. The van der Waals surface area contributed by atoms with E-state index in [0.29, 0.717) is 17.8 Å². The van der Waals surface area contributed by atoms with Crippen LogP contribution in [0.25, 0.3) is 0 Å². The van der Waals surface area contributed by atoms with Crippen molar-refractivity contribution in [3.63, 3.8) is 0 Å². The minimum Gasteiger partial charge on any atom is -0.358 e. The number of ether oxygens (including phenoxy) is 1. The van der Waals surface area contributed by atoms with Crippen molar-refractivity contribution in [1.29, 1.82) is 0 Å². The standard InChI is InChI=1S/C26H21BrN2O4/c27-18-12-10-17(11-13-18)22-20-15-29(14-16-6-2-1-3-7-16)24(31)26(20,32)33-25(22)19-8-4-5-9-21(19)28-23(25)30/h1-13,20,22,32H,14-15H2,(H,28,30)/t20-,22-,25+,26+/m1/s1. The molecule has 6 rings (SSSR count). The summed E-state index contributed by atoms with van der Waals surface area (Å²) in [7, 11) is 0. The molecule has 3 heterocycles. The van der Waals surface area contributed by atoms with E-state index in [0.717, 1.165) is 15.6 Å². The molecule has 2 N–H and O–H groups in total. The SMILES string of the molecule is O=C1N(Cc2ccccc2)C[C@@H]2[C@@H](c3ccc(Br)cc3)[C@]3(O[C@]12O)C(=O)Nc1ccccc13. The van der Waals surface area contributed by atoms with Crippen LogP contribution in [-0.4, -0.2) is 34.2 Å². The quantitative estimate of drug-likeness (QED) is 0.569. The van der Waals surface area contributed by atoms with Crippen molar-refractivity contribution < 1.29 is 19.4 Å². The Hall–Kier alpha value is -3.00. The molecule has 6 nitrogen and oxygen atoms in total. The van der Waals surface area contributed by atoms with Crippen molar-refractivity contribution in [3.8, 4) is 0 Å². The number of halogens is 1. The lowest BCUT2D eigenvalue weighted by Crippen LogP contribution is -2.47. The molecule has 166 valence electrons. The zero-order valence-corrected chi connectivity index (χ0v) is 19.2. The highest BCUT2D eigenvalue weighted by Gasteiger charge is 2.74. The van der Waals surface area contributed by atoms with E-state index in [1.54, 1.807) is 4.90 Å². The van der Waals surface area contributed by atoms with Gasteiger partial charge in [-0.25, -0.2) is 0 Å². The number of hydrogen-bond acceptors (Lipinski definition) is 4. The van der Waals surface area contributed by atoms with Crippen LogP contribution in [0.3, 0.4) is 0 Å². The molecule has 0 aromatic heterocycles. The number of amides is 2. The average Bonchev–Trinajstić information content (AvgIpc) is 3.34. The summed E-state index contributed by atoms with van der Waals surface area (Å²) in [6.07, 6.45) is 0. The summed E-state index contributed by atoms with van der Waals surface area (Å²) in [5.74, 6) is -4.13. The lowest BCUT2D eigenvalue weighted by atomic mass is 9.72. The second-order valence-electron chi connectivity index (χ2n) is 8.84. The van der Waals surface area contributed by atoms with Gasteiger partial charge in [-0.05, 0) is 29.3 Å². The van der Waals surface area contributed by atoms with E-state index in [1.165, 1.54) is 0 Å². The Labute approximate surface area is 199 Å². The highest BCUT2D eigenvalue weighted by atomic mass is 79.9. The zero-order valence-electron chi connectivity index (χ0n) is 17.6. The highest BCUT2D eigenvalue weighted by molar-refractivity contribution is 9.10. The summed E-state index contributed by atoms with van der Waals surface area (Å²) in [6, 6.07) is 24.6. The summed E-state index contributed by atoms with van der Waals surface area (Å²) in [6.45, 7) is 0.646. The first-order chi connectivity index (χ1) is 15.9. The van der Waals surface area contributed by atoms with E-state index >= 15 is 0 Å². The number of hydrogen-bond donors (Lipinski definition) is 2. The van der Waals surface area contributed by atoms with E-state index in [-0.39, 0.29) is 12.5 Å².